The highest BCUT2D eigenvalue weighted by Crippen LogP contribution is 2.10. The Kier molecular flexibility index (Phi) is 33.6. The average Bonchev–Trinajstić information content (AvgIpc) is 2.83. The van der Waals surface area contributed by atoms with Gasteiger partial charge in [-0.1, -0.05) is 134 Å². The summed E-state index contributed by atoms with van der Waals surface area (Å²) in [6, 6.07) is 0. The summed E-state index contributed by atoms with van der Waals surface area (Å²) in [5.41, 5.74) is 0. The molecule has 0 bridgehead atoms. The smallest absolute Gasteiger partial charge is 0.149 e. The predicted molar refractivity (Wildman–Crippen MR) is 162 cm³/mol. The summed E-state index contributed by atoms with van der Waals surface area (Å²) < 4.78 is 18.9. The number of allylic oxidation sites excluding steroid dienone is 2. The Bertz CT molecular complexity index is 367. The third kappa shape index (κ3) is 32.8. The normalized spacial score (nSPS) is 11.9. The Morgan fingerprint density at radius 2 is 0.697 bits per heavy atom. The zero-order valence-electron chi connectivity index (χ0n) is 21.3. The molecular formula is C28H52I2O3. The van der Waals surface area contributed by atoms with Gasteiger partial charge in [0.15, 0.2) is 0 Å². The second-order valence-electron chi connectivity index (χ2n) is 8.68. The minimum Gasteiger partial charge on any atom is -0.355 e. The van der Waals surface area contributed by atoms with E-state index in [4.69, 9.17) is 14.2 Å². The molecule has 0 fully saturated rings. The highest BCUT2D eigenvalue weighted by Gasteiger charge is 1.92. The maximum absolute atomic E-state index is 5.48. The molecule has 196 valence electrons. The van der Waals surface area contributed by atoms with E-state index in [9.17, 15) is 0 Å². The quantitative estimate of drug-likeness (QED) is 0.0269. The van der Waals surface area contributed by atoms with Gasteiger partial charge in [-0.25, -0.2) is 0 Å². The van der Waals surface area contributed by atoms with Crippen LogP contribution in [-0.4, -0.2) is 35.7 Å². The summed E-state index contributed by atoms with van der Waals surface area (Å²) in [7, 11) is 0. The molecule has 0 aromatic carbocycles. The molecule has 0 atom stereocenters. The molecule has 0 saturated carbocycles. The highest BCUT2D eigenvalue weighted by atomic mass is 127. The first-order valence-electron chi connectivity index (χ1n) is 13.6. The van der Waals surface area contributed by atoms with Crippen molar-refractivity contribution in [3.8, 4) is 0 Å². The van der Waals surface area contributed by atoms with Gasteiger partial charge in [0.05, 0.1) is 13.2 Å². The van der Waals surface area contributed by atoms with Crippen LogP contribution in [0.3, 0.4) is 0 Å². The van der Waals surface area contributed by atoms with Gasteiger partial charge in [0.1, 0.15) is 13.6 Å². The van der Waals surface area contributed by atoms with Crippen LogP contribution in [0.5, 0.6) is 0 Å². The minimum atomic E-state index is 0.319. The van der Waals surface area contributed by atoms with E-state index in [2.05, 4.69) is 69.5 Å². The van der Waals surface area contributed by atoms with Crippen LogP contribution < -0.4 is 0 Å². The van der Waals surface area contributed by atoms with Gasteiger partial charge in [0.25, 0.3) is 0 Å². The molecule has 0 aliphatic heterocycles. The number of unbranched alkanes of at least 4 members (excludes halogenated alkanes) is 14. The highest BCUT2D eigenvalue weighted by molar-refractivity contribution is 14.1. The molecule has 33 heavy (non-hydrogen) atoms. The Morgan fingerprint density at radius 1 is 0.364 bits per heavy atom. The van der Waals surface area contributed by atoms with Gasteiger partial charge in [-0.15, -0.1) is 0 Å². The van der Waals surface area contributed by atoms with Gasteiger partial charge in [-0.05, 0) is 60.2 Å². The molecule has 3 nitrogen and oxygen atoms in total. The number of hydrogen-bond acceptors (Lipinski definition) is 3. The SMILES string of the molecule is ICCCCCCCCCC=CCCOCOCOCCC=CCCCCCCCCCI. The maximum Gasteiger partial charge on any atom is 0.149 e. The molecule has 0 unspecified atom stereocenters. The molecule has 5 heteroatoms. The molecule has 0 radical (unpaired) electrons. The van der Waals surface area contributed by atoms with Crippen molar-refractivity contribution in [2.45, 2.75) is 116 Å². The van der Waals surface area contributed by atoms with E-state index in [1.54, 1.807) is 0 Å². The monoisotopic (exact) mass is 690 g/mol. The topological polar surface area (TPSA) is 27.7 Å². The zero-order chi connectivity index (χ0) is 23.9. The second kappa shape index (κ2) is 32.8. The van der Waals surface area contributed by atoms with Crippen molar-refractivity contribution in [2.24, 2.45) is 0 Å². The Labute approximate surface area is 233 Å². The lowest BCUT2D eigenvalue weighted by Gasteiger charge is -2.05. The van der Waals surface area contributed by atoms with Crippen LogP contribution in [0.15, 0.2) is 24.3 Å². The van der Waals surface area contributed by atoms with Crippen molar-refractivity contribution in [3.63, 3.8) is 0 Å². The van der Waals surface area contributed by atoms with E-state index in [0.717, 1.165) is 12.8 Å². The molecule has 0 amide bonds. The molecule has 0 aliphatic rings. The number of alkyl halides is 2. The molecule has 0 aromatic heterocycles. The van der Waals surface area contributed by atoms with Crippen molar-refractivity contribution < 1.29 is 14.2 Å². The summed E-state index contributed by atoms with van der Waals surface area (Å²) in [4.78, 5) is 0. The molecule has 0 rings (SSSR count). The van der Waals surface area contributed by atoms with Crippen LogP contribution in [0.25, 0.3) is 0 Å². The van der Waals surface area contributed by atoms with Gasteiger partial charge in [0, 0.05) is 0 Å². The Morgan fingerprint density at radius 3 is 1.09 bits per heavy atom. The first kappa shape index (κ1) is 33.8. The van der Waals surface area contributed by atoms with E-state index in [0.29, 0.717) is 26.8 Å². The molecule has 0 saturated heterocycles. The minimum absolute atomic E-state index is 0.319. The summed E-state index contributed by atoms with van der Waals surface area (Å²) in [6.07, 6.45) is 32.8. The Hall–Kier alpha value is 0.820. The van der Waals surface area contributed by atoms with Crippen molar-refractivity contribution in [2.75, 3.05) is 35.7 Å². The fourth-order valence-electron chi connectivity index (χ4n) is 3.53. The van der Waals surface area contributed by atoms with Crippen molar-refractivity contribution in [3.05, 3.63) is 24.3 Å². The molecular weight excluding hydrogens is 638 g/mol. The zero-order valence-corrected chi connectivity index (χ0v) is 25.6. The van der Waals surface area contributed by atoms with Gasteiger partial charge < -0.3 is 14.2 Å². The van der Waals surface area contributed by atoms with Gasteiger partial charge in [-0.3, -0.25) is 0 Å². The Balaban J connectivity index is 3.12. The van der Waals surface area contributed by atoms with Crippen LogP contribution in [0.2, 0.25) is 0 Å². The standard InChI is InChI=1S/C28H52I2O3/c29-23-19-15-11-7-3-1-5-9-13-17-21-25-31-27-33-28-32-26-22-18-14-10-6-2-4-8-12-16-20-24-30/h13-14,17-18H,1-12,15-16,19-28H2. The average molecular weight is 691 g/mol. The van der Waals surface area contributed by atoms with E-state index in [1.807, 2.05) is 0 Å². The first-order chi connectivity index (χ1) is 16.4. The largest absolute Gasteiger partial charge is 0.355 e. The van der Waals surface area contributed by atoms with E-state index in [1.165, 1.54) is 112 Å². The molecule has 0 N–H and O–H groups in total. The molecule has 0 spiro atoms. The summed E-state index contributed by atoms with van der Waals surface area (Å²) in [5, 5.41) is 0. The number of ether oxygens (including phenoxy) is 3. The van der Waals surface area contributed by atoms with Crippen molar-refractivity contribution in [1.29, 1.82) is 0 Å². The van der Waals surface area contributed by atoms with Crippen molar-refractivity contribution in [1.82, 2.24) is 0 Å². The fourth-order valence-corrected chi connectivity index (χ4v) is 4.60. The van der Waals surface area contributed by atoms with Crippen LogP contribution in [-0.2, 0) is 14.2 Å². The van der Waals surface area contributed by atoms with Crippen LogP contribution in [0.1, 0.15) is 116 Å². The van der Waals surface area contributed by atoms with Gasteiger partial charge in [0.2, 0.25) is 0 Å². The second-order valence-corrected chi connectivity index (χ2v) is 10.8. The van der Waals surface area contributed by atoms with Crippen LogP contribution in [0, 0.1) is 0 Å². The fraction of sp³-hybridized carbons (Fsp3) is 0.857. The number of halogens is 2. The third-order valence-corrected chi connectivity index (χ3v) is 7.06. The lowest BCUT2D eigenvalue weighted by molar-refractivity contribution is -0.129. The maximum atomic E-state index is 5.48. The number of hydrogen-bond donors (Lipinski definition) is 0. The lowest BCUT2D eigenvalue weighted by Crippen LogP contribution is -2.05. The van der Waals surface area contributed by atoms with Crippen LogP contribution in [0.4, 0.5) is 0 Å². The van der Waals surface area contributed by atoms with Gasteiger partial charge >= 0.3 is 0 Å². The summed E-state index contributed by atoms with van der Waals surface area (Å²) >= 11 is 4.94. The third-order valence-electron chi connectivity index (χ3n) is 5.53. The van der Waals surface area contributed by atoms with E-state index in [-0.39, 0.29) is 0 Å². The predicted octanol–water partition coefficient (Wildman–Crippen LogP) is 9.96. The van der Waals surface area contributed by atoms with E-state index >= 15 is 0 Å². The number of rotatable bonds is 28. The van der Waals surface area contributed by atoms with Crippen LogP contribution >= 0.6 is 45.2 Å². The summed E-state index contributed by atoms with van der Waals surface area (Å²) in [5.74, 6) is 0. The van der Waals surface area contributed by atoms with Gasteiger partial charge in [-0.2, -0.15) is 0 Å². The molecule has 0 aromatic rings. The first-order valence-corrected chi connectivity index (χ1v) is 16.6. The van der Waals surface area contributed by atoms with Crippen molar-refractivity contribution >= 4 is 45.2 Å². The van der Waals surface area contributed by atoms with E-state index < -0.39 is 0 Å². The lowest BCUT2D eigenvalue weighted by atomic mass is 10.1. The molecule has 0 aliphatic carbocycles. The molecule has 0 heterocycles. The summed E-state index contributed by atoms with van der Waals surface area (Å²) in [6.45, 7) is 2.07.